The molecule has 156 valence electrons. The van der Waals surface area contributed by atoms with Gasteiger partial charge in [0.2, 0.25) is 5.89 Å². The van der Waals surface area contributed by atoms with Gasteiger partial charge in [-0.15, -0.1) is 11.3 Å². The lowest BCUT2D eigenvalue weighted by Gasteiger charge is -2.32. The van der Waals surface area contributed by atoms with Crippen LogP contribution in [-0.2, 0) is 16.1 Å². The highest BCUT2D eigenvalue weighted by Crippen LogP contribution is 2.32. The number of nitro groups is 1. The van der Waals surface area contributed by atoms with Crippen molar-refractivity contribution in [2.24, 2.45) is 5.92 Å². The van der Waals surface area contributed by atoms with Gasteiger partial charge in [0.15, 0.2) is 0 Å². The number of carbonyl (C=O) groups excluding carboxylic acids is 1. The van der Waals surface area contributed by atoms with E-state index in [0.29, 0.717) is 49.0 Å². The molecule has 3 aromatic rings. The number of carbonyl (C=O) groups is 1. The van der Waals surface area contributed by atoms with Gasteiger partial charge in [0.05, 0.1) is 15.7 Å². The number of anilines is 1. The van der Waals surface area contributed by atoms with Gasteiger partial charge in [-0.3, -0.25) is 14.9 Å². The van der Waals surface area contributed by atoms with Crippen LogP contribution in [0, 0.1) is 23.0 Å². The van der Waals surface area contributed by atoms with Crippen LogP contribution in [-0.4, -0.2) is 29.0 Å². The number of nitrogens with zero attached hydrogens (tertiary/aromatic N) is 3. The summed E-state index contributed by atoms with van der Waals surface area (Å²) in [6, 6.07) is 10.5. The second-order valence-electron chi connectivity index (χ2n) is 7.11. The van der Waals surface area contributed by atoms with Gasteiger partial charge in [0, 0.05) is 19.2 Å². The number of hydrogen-bond acceptors (Lipinski definition) is 8. The molecule has 8 nitrogen and oxygen atoms in total. The highest BCUT2D eigenvalue weighted by Gasteiger charge is 2.29. The molecular weight excluding hydrogens is 406 g/mol. The summed E-state index contributed by atoms with van der Waals surface area (Å²) in [6.07, 6.45) is 1.17. The molecule has 0 aliphatic carbocycles. The Morgan fingerprint density at radius 1 is 1.30 bits per heavy atom. The summed E-state index contributed by atoms with van der Waals surface area (Å²) in [7, 11) is 0. The van der Waals surface area contributed by atoms with Crippen LogP contribution in [0.4, 0.5) is 11.4 Å². The lowest BCUT2D eigenvalue weighted by Crippen LogP contribution is -2.37. The minimum absolute atomic E-state index is 0.0733. The summed E-state index contributed by atoms with van der Waals surface area (Å²) >= 11 is 1.54. The van der Waals surface area contributed by atoms with Gasteiger partial charge in [-0.2, -0.15) is 0 Å². The van der Waals surface area contributed by atoms with E-state index in [-0.39, 0.29) is 29.1 Å². The van der Waals surface area contributed by atoms with E-state index < -0.39 is 0 Å². The number of oxazole rings is 1. The van der Waals surface area contributed by atoms with Crippen molar-refractivity contribution in [2.75, 3.05) is 18.0 Å². The lowest BCUT2D eigenvalue weighted by molar-refractivity contribution is -0.384. The Morgan fingerprint density at radius 2 is 2.07 bits per heavy atom. The van der Waals surface area contributed by atoms with Crippen molar-refractivity contribution in [3.05, 3.63) is 63.3 Å². The van der Waals surface area contributed by atoms with Gasteiger partial charge in [-0.05, 0) is 37.3 Å². The summed E-state index contributed by atoms with van der Waals surface area (Å²) in [5.74, 6) is 0.675. The normalized spacial score (nSPS) is 14.6. The standard InChI is InChI=1S/C21H21N3O5S/c1-14-16(22-20(29-14)19-7-4-12-30-19)13-28-21(25)15-8-10-23(11-9-15)17-5-2-3-6-18(17)24(26)27/h2-7,12,15H,8-11,13H2,1H3. The second kappa shape index (κ2) is 8.66. The molecule has 0 amide bonds. The molecule has 0 atom stereocenters. The quantitative estimate of drug-likeness (QED) is 0.322. The molecule has 1 aromatic carbocycles. The maximum atomic E-state index is 12.5. The van der Waals surface area contributed by atoms with E-state index in [1.807, 2.05) is 22.4 Å². The Kier molecular flexibility index (Phi) is 5.80. The first-order valence-electron chi connectivity index (χ1n) is 9.68. The van der Waals surface area contributed by atoms with Crippen molar-refractivity contribution in [3.63, 3.8) is 0 Å². The summed E-state index contributed by atoms with van der Waals surface area (Å²) in [4.78, 5) is 30.7. The third-order valence-corrected chi connectivity index (χ3v) is 6.08. The number of para-hydroxylation sites is 2. The summed E-state index contributed by atoms with van der Waals surface area (Å²) in [5.41, 5.74) is 1.29. The smallest absolute Gasteiger partial charge is 0.309 e. The predicted molar refractivity (Wildman–Crippen MR) is 112 cm³/mol. The fraction of sp³-hybridized carbons (Fsp3) is 0.333. The zero-order valence-electron chi connectivity index (χ0n) is 16.4. The molecule has 0 radical (unpaired) electrons. The average molecular weight is 427 g/mol. The summed E-state index contributed by atoms with van der Waals surface area (Å²) in [5, 5.41) is 13.2. The number of rotatable bonds is 6. The summed E-state index contributed by atoms with van der Waals surface area (Å²) in [6.45, 7) is 3.01. The van der Waals surface area contributed by atoms with Gasteiger partial charge in [0.1, 0.15) is 23.7 Å². The number of nitro benzene ring substituents is 1. The molecule has 30 heavy (non-hydrogen) atoms. The molecule has 0 unspecified atom stereocenters. The maximum absolute atomic E-state index is 12.5. The van der Waals surface area contributed by atoms with E-state index in [1.165, 1.54) is 17.4 Å². The number of piperidine rings is 1. The first-order valence-corrected chi connectivity index (χ1v) is 10.6. The molecule has 0 bridgehead atoms. The number of aryl methyl sites for hydroxylation is 1. The molecule has 1 aliphatic rings. The highest BCUT2D eigenvalue weighted by molar-refractivity contribution is 7.13. The van der Waals surface area contributed by atoms with E-state index in [4.69, 9.17) is 9.15 Å². The third-order valence-electron chi connectivity index (χ3n) is 5.22. The molecule has 9 heteroatoms. The Bertz CT molecular complexity index is 1040. The molecule has 0 spiro atoms. The van der Waals surface area contributed by atoms with E-state index in [2.05, 4.69) is 4.98 Å². The number of esters is 1. The highest BCUT2D eigenvalue weighted by atomic mass is 32.1. The monoisotopic (exact) mass is 427 g/mol. The maximum Gasteiger partial charge on any atom is 0.309 e. The van der Waals surface area contributed by atoms with Crippen molar-refractivity contribution in [2.45, 2.75) is 26.4 Å². The van der Waals surface area contributed by atoms with E-state index >= 15 is 0 Å². The first-order chi connectivity index (χ1) is 14.5. The van der Waals surface area contributed by atoms with Gasteiger partial charge >= 0.3 is 5.97 Å². The van der Waals surface area contributed by atoms with Crippen LogP contribution in [0.3, 0.4) is 0 Å². The average Bonchev–Trinajstić information content (AvgIpc) is 3.42. The van der Waals surface area contributed by atoms with Crippen LogP contribution in [0.25, 0.3) is 10.8 Å². The molecular formula is C21H21N3O5S. The van der Waals surface area contributed by atoms with Gasteiger partial charge < -0.3 is 14.1 Å². The minimum Gasteiger partial charge on any atom is -0.459 e. The Morgan fingerprint density at radius 3 is 2.77 bits per heavy atom. The van der Waals surface area contributed by atoms with Gasteiger partial charge in [-0.1, -0.05) is 18.2 Å². The fourth-order valence-electron chi connectivity index (χ4n) is 3.57. The SMILES string of the molecule is Cc1oc(-c2cccs2)nc1COC(=O)C1CCN(c2ccccc2[N+](=O)[O-])CC1. The van der Waals surface area contributed by atoms with Crippen molar-refractivity contribution < 1.29 is 18.9 Å². The molecule has 1 fully saturated rings. The zero-order chi connectivity index (χ0) is 21.1. The van der Waals surface area contributed by atoms with Crippen LogP contribution < -0.4 is 4.90 Å². The van der Waals surface area contributed by atoms with Crippen molar-refractivity contribution in [1.29, 1.82) is 0 Å². The van der Waals surface area contributed by atoms with Gasteiger partial charge in [-0.25, -0.2) is 4.98 Å². The summed E-state index contributed by atoms with van der Waals surface area (Å²) < 4.78 is 11.2. The van der Waals surface area contributed by atoms with E-state index in [0.717, 1.165) is 4.88 Å². The Hall–Kier alpha value is -3.20. The van der Waals surface area contributed by atoms with E-state index in [1.54, 1.807) is 25.1 Å². The molecule has 1 saturated heterocycles. The number of aromatic nitrogens is 1. The number of ether oxygens (including phenoxy) is 1. The topological polar surface area (TPSA) is 98.7 Å². The molecule has 0 saturated carbocycles. The molecule has 0 N–H and O–H groups in total. The van der Waals surface area contributed by atoms with Crippen molar-refractivity contribution >= 4 is 28.7 Å². The largest absolute Gasteiger partial charge is 0.459 e. The zero-order valence-corrected chi connectivity index (χ0v) is 17.3. The number of hydrogen-bond donors (Lipinski definition) is 0. The first kappa shape index (κ1) is 20.1. The predicted octanol–water partition coefficient (Wildman–Crippen LogP) is 4.58. The van der Waals surface area contributed by atoms with E-state index in [9.17, 15) is 14.9 Å². The second-order valence-corrected chi connectivity index (χ2v) is 8.06. The van der Waals surface area contributed by atoms with Gasteiger partial charge in [0.25, 0.3) is 5.69 Å². The lowest BCUT2D eigenvalue weighted by atomic mass is 9.96. The number of thiophene rings is 1. The Labute approximate surface area is 177 Å². The molecule has 3 heterocycles. The Balaban J connectivity index is 1.33. The van der Waals surface area contributed by atoms with Crippen LogP contribution in [0.5, 0.6) is 0 Å². The molecule has 2 aromatic heterocycles. The number of benzene rings is 1. The minimum atomic E-state index is -0.375. The van der Waals surface area contributed by atoms with Crippen LogP contribution in [0.1, 0.15) is 24.3 Å². The molecule has 1 aliphatic heterocycles. The fourth-order valence-corrected chi connectivity index (χ4v) is 4.22. The van der Waals surface area contributed by atoms with Crippen LogP contribution in [0.15, 0.2) is 46.2 Å². The van der Waals surface area contributed by atoms with Crippen LogP contribution >= 0.6 is 11.3 Å². The van der Waals surface area contributed by atoms with Crippen LogP contribution in [0.2, 0.25) is 0 Å². The third kappa shape index (κ3) is 4.20. The van der Waals surface area contributed by atoms with Crippen molar-refractivity contribution in [3.8, 4) is 10.8 Å². The van der Waals surface area contributed by atoms with Crippen molar-refractivity contribution in [1.82, 2.24) is 4.98 Å². The molecule has 4 rings (SSSR count).